The van der Waals surface area contributed by atoms with Crippen molar-refractivity contribution in [3.8, 4) is 0 Å². The van der Waals surface area contributed by atoms with Crippen LogP contribution < -0.4 is 5.32 Å². The lowest BCUT2D eigenvalue weighted by Crippen LogP contribution is -2.54. The zero-order valence-corrected chi connectivity index (χ0v) is 11.2. The zero-order valence-electron chi connectivity index (χ0n) is 11.2. The van der Waals surface area contributed by atoms with Crippen molar-refractivity contribution in [3.63, 3.8) is 0 Å². The molecule has 0 spiro atoms. The number of allylic oxidation sites excluding steroid dienone is 1. The summed E-state index contributed by atoms with van der Waals surface area (Å²) in [5, 5.41) is 4.08. The van der Waals surface area contributed by atoms with Gasteiger partial charge in [0.05, 0.1) is 0 Å². The predicted molar refractivity (Wildman–Crippen MR) is 73.1 cm³/mol. The van der Waals surface area contributed by atoms with Crippen LogP contribution in [0.2, 0.25) is 0 Å². The third-order valence-corrected chi connectivity index (χ3v) is 7.22. The van der Waals surface area contributed by atoms with Crippen LogP contribution in [0.1, 0.15) is 44.9 Å². The molecule has 4 saturated carbocycles. The summed E-state index contributed by atoms with van der Waals surface area (Å²) in [6, 6.07) is 1.74. The van der Waals surface area contributed by atoms with Crippen LogP contribution in [0.4, 0.5) is 0 Å². The van der Waals surface area contributed by atoms with Crippen molar-refractivity contribution in [2.45, 2.75) is 57.0 Å². The van der Waals surface area contributed by atoms with Gasteiger partial charge in [0.15, 0.2) is 0 Å². The summed E-state index contributed by atoms with van der Waals surface area (Å²) < 4.78 is 0. The van der Waals surface area contributed by atoms with E-state index < -0.39 is 0 Å². The van der Waals surface area contributed by atoms with Gasteiger partial charge in [-0.15, -0.1) is 0 Å². The Balaban J connectivity index is 1.28. The van der Waals surface area contributed by atoms with E-state index in [0.717, 1.165) is 47.6 Å². The Morgan fingerprint density at radius 2 is 1.72 bits per heavy atom. The van der Waals surface area contributed by atoms with E-state index in [2.05, 4.69) is 17.5 Å². The molecule has 1 nitrogen and oxygen atoms in total. The van der Waals surface area contributed by atoms with Gasteiger partial charge >= 0.3 is 0 Å². The molecule has 0 saturated heterocycles. The van der Waals surface area contributed by atoms with Crippen molar-refractivity contribution in [2.75, 3.05) is 0 Å². The van der Waals surface area contributed by atoms with Crippen molar-refractivity contribution in [3.05, 3.63) is 12.2 Å². The van der Waals surface area contributed by atoms with E-state index >= 15 is 0 Å². The first-order valence-electron chi connectivity index (χ1n) is 8.33. The fraction of sp³-hybridized carbons (Fsp3) is 0.882. The molecule has 5 aliphatic carbocycles. The molecule has 18 heavy (non-hydrogen) atoms. The highest BCUT2D eigenvalue weighted by molar-refractivity contribution is 5.15. The average Bonchev–Trinajstić information content (AvgIpc) is 3.06. The monoisotopic (exact) mass is 243 g/mol. The minimum absolute atomic E-state index is 0.845. The minimum atomic E-state index is 0.845. The molecule has 5 rings (SSSR count). The van der Waals surface area contributed by atoms with E-state index in [1.165, 1.54) is 25.7 Å². The largest absolute Gasteiger partial charge is 0.310 e. The maximum Gasteiger partial charge on any atom is 0.0138 e. The molecule has 0 aromatic heterocycles. The van der Waals surface area contributed by atoms with E-state index in [1.54, 1.807) is 19.3 Å². The Morgan fingerprint density at radius 1 is 0.833 bits per heavy atom. The third kappa shape index (κ3) is 1.27. The maximum atomic E-state index is 4.08. The van der Waals surface area contributed by atoms with Gasteiger partial charge in [0.2, 0.25) is 0 Å². The quantitative estimate of drug-likeness (QED) is 0.733. The lowest BCUT2D eigenvalue weighted by Gasteiger charge is -2.44. The molecule has 0 amide bonds. The first-order chi connectivity index (χ1) is 8.90. The van der Waals surface area contributed by atoms with Crippen LogP contribution in [-0.2, 0) is 0 Å². The number of fused-ring (bicyclic) bond motifs is 6. The Kier molecular flexibility index (Phi) is 2.11. The van der Waals surface area contributed by atoms with Gasteiger partial charge in [0, 0.05) is 12.1 Å². The Hall–Kier alpha value is -0.300. The molecule has 0 aliphatic heterocycles. The standard InChI is InChI=1S/C17H25N/c1-3-10-8-16(13(10)5-1)18-17-9-11-7-15(17)14-6-2-4-12(11)14/h1,5,10-18H,2-4,6-9H2. The van der Waals surface area contributed by atoms with E-state index in [0.29, 0.717) is 0 Å². The van der Waals surface area contributed by atoms with Gasteiger partial charge in [-0.3, -0.25) is 0 Å². The molecule has 8 unspecified atom stereocenters. The van der Waals surface area contributed by atoms with Crippen molar-refractivity contribution >= 4 is 0 Å². The smallest absolute Gasteiger partial charge is 0.0138 e. The first-order valence-corrected chi connectivity index (χ1v) is 8.33. The van der Waals surface area contributed by atoms with Crippen LogP contribution in [0, 0.1) is 35.5 Å². The van der Waals surface area contributed by atoms with Crippen molar-refractivity contribution in [1.29, 1.82) is 0 Å². The lowest BCUT2D eigenvalue weighted by atomic mass is 9.70. The van der Waals surface area contributed by atoms with E-state index in [9.17, 15) is 0 Å². The molecule has 1 N–H and O–H groups in total. The summed E-state index contributed by atoms with van der Waals surface area (Å²) in [7, 11) is 0. The minimum Gasteiger partial charge on any atom is -0.310 e. The SMILES string of the molecule is C1=CC2C(C1)CC2NC1CC2CC1C1CCCC21. The Bertz CT molecular complexity index is 387. The molecule has 5 aliphatic rings. The first kappa shape index (κ1) is 10.5. The molecule has 8 atom stereocenters. The Morgan fingerprint density at radius 3 is 2.67 bits per heavy atom. The highest BCUT2D eigenvalue weighted by Gasteiger charge is 2.54. The highest BCUT2D eigenvalue weighted by atomic mass is 15.0. The van der Waals surface area contributed by atoms with Crippen LogP contribution in [-0.4, -0.2) is 12.1 Å². The van der Waals surface area contributed by atoms with Gasteiger partial charge in [0.1, 0.15) is 0 Å². The van der Waals surface area contributed by atoms with E-state index in [4.69, 9.17) is 0 Å². The van der Waals surface area contributed by atoms with Crippen LogP contribution in [0.5, 0.6) is 0 Å². The lowest BCUT2D eigenvalue weighted by molar-refractivity contribution is 0.116. The fourth-order valence-electron chi connectivity index (χ4n) is 6.44. The van der Waals surface area contributed by atoms with Gasteiger partial charge in [-0.05, 0) is 74.0 Å². The van der Waals surface area contributed by atoms with Gasteiger partial charge in [0.25, 0.3) is 0 Å². The summed E-state index contributed by atoms with van der Waals surface area (Å²) in [5.74, 6) is 6.36. The Labute approximate surface area is 110 Å². The molecule has 98 valence electrons. The van der Waals surface area contributed by atoms with Crippen molar-refractivity contribution in [2.24, 2.45) is 35.5 Å². The van der Waals surface area contributed by atoms with Gasteiger partial charge in [-0.25, -0.2) is 0 Å². The fourth-order valence-corrected chi connectivity index (χ4v) is 6.44. The second-order valence-electron chi connectivity index (χ2n) is 7.77. The summed E-state index contributed by atoms with van der Waals surface area (Å²) >= 11 is 0. The third-order valence-electron chi connectivity index (χ3n) is 7.22. The topological polar surface area (TPSA) is 12.0 Å². The number of hydrogen-bond donors (Lipinski definition) is 1. The van der Waals surface area contributed by atoms with Crippen LogP contribution in [0.3, 0.4) is 0 Å². The van der Waals surface area contributed by atoms with Crippen molar-refractivity contribution < 1.29 is 0 Å². The molecular weight excluding hydrogens is 218 g/mol. The molecule has 1 heteroatoms. The van der Waals surface area contributed by atoms with Gasteiger partial charge in [-0.2, -0.15) is 0 Å². The number of hydrogen-bond acceptors (Lipinski definition) is 1. The summed E-state index contributed by atoms with van der Waals surface area (Å²) in [4.78, 5) is 0. The predicted octanol–water partition coefficient (Wildman–Crippen LogP) is 3.37. The molecule has 0 aromatic carbocycles. The molecule has 2 bridgehead atoms. The summed E-state index contributed by atoms with van der Waals surface area (Å²) in [5.41, 5.74) is 0. The molecule has 0 heterocycles. The zero-order chi connectivity index (χ0) is 11.7. The number of nitrogens with one attached hydrogen (secondary N) is 1. The van der Waals surface area contributed by atoms with E-state index in [-0.39, 0.29) is 0 Å². The van der Waals surface area contributed by atoms with Crippen molar-refractivity contribution in [1.82, 2.24) is 5.32 Å². The second kappa shape index (κ2) is 3.62. The molecule has 0 aromatic rings. The second-order valence-corrected chi connectivity index (χ2v) is 7.77. The van der Waals surface area contributed by atoms with Gasteiger partial charge < -0.3 is 5.32 Å². The summed E-state index contributed by atoms with van der Waals surface area (Å²) in [6.45, 7) is 0. The molecule has 4 fully saturated rings. The maximum absolute atomic E-state index is 4.08. The van der Waals surface area contributed by atoms with Crippen LogP contribution >= 0.6 is 0 Å². The van der Waals surface area contributed by atoms with Gasteiger partial charge in [-0.1, -0.05) is 18.6 Å². The summed E-state index contributed by atoms with van der Waals surface area (Å²) in [6.07, 6.45) is 15.5. The highest BCUT2D eigenvalue weighted by Crippen LogP contribution is 2.59. The number of rotatable bonds is 2. The molecular formula is C17H25N. The van der Waals surface area contributed by atoms with Crippen LogP contribution in [0.15, 0.2) is 12.2 Å². The molecule has 0 radical (unpaired) electrons. The normalized spacial score (nSPS) is 59.8. The van der Waals surface area contributed by atoms with Crippen LogP contribution in [0.25, 0.3) is 0 Å². The average molecular weight is 243 g/mol. The van der Waals surface area contributed by atoms with E-state index in [1.807, 2.05) is 0 Å².